The summed E-state index contributed by atoms with van der Waals surface area (Å²) in [6.07, 6.45) is 3.93. The lowest BCUT2D eigenvalue weighted by Gasteiger charge is -2.36. The van der Waals surface area contributed by atoms with E-state index in [9.17, 15) is 9.90 Å². The third-order valence-corrected chi connectivity index (χ3v) is 5.54. The number of carbonyl (C=O) groups is 1. The highest BCUT2D eigenvalue weighted by atomic mass is 32.1. The van der Waals surface area contributed by atoms with Crippen molar-refractivity contribution in [3.63, 3.8) is 0 Å². The van der Waals surface area contributed by atoms with Crippen LogP contribution in [-0.2, 0) is 4.79 Å². The largest absolute Gasteiger partial charge is 0.389 e. The van der Waals surface area contributed by atoms with E-state index < -0.39 is 5.60 Å². The average Bonchev–Trinajstić information content (AvgIpc) is 3.08. The van der Waals surface area contributed by atoms with E-state index in [4.69, 9.17) is 0 Å². The first kappa shape index (κ1) is 14.8. The number of hydrogen-bond donors (Lipinski definition) is 1. The highest BCUT2D eigenvalue weighted by Gasteiger charge is 2.35. The smallest absolute Gasteiger partial charge is 0.225 e. The van der Waals surface area contributed by atoms with Crippen molar-refractivity contribution >= 4 is 22.4 Å². The van der Waals surface area contributed by atoms with Gasteiger partial charge in [-0.05, 0) is 19.8 Å². The van der Waals surface area contributed by atoms with Crippen LogP contribution in [0.15, 0.2) is 5.38 Å². The van der Waals surface area contributed by atoms with Crippen molar-refractivity contribution in [2.75, 3.05) is 31.1 Å². The van der Waals surface area contributed by atoms with Crippen molar-refractivity contribution < 1.29 is 9.90 Å². The van der Waals surface area contributed by atoms with Crippen LogP contribution >= 0.6 is 11.3 Å². The Balaban J connectivity index is 1.52. The van der Waals surface area contributed by atoms with Crippen LogP contribution in [0.2, 0.25) is 0 Å². The molecule has 116 valence electrons. The Bertz CT molecular complexity index is 503. The molecule has 0 bridgehead atoms. The summed E-state index contributed by atoms with van der Waals surface area (Å²) >= 11 is 1.66. The molecule has 0 radical (unpaired) electrons. The van der Waals surface area contributed by atoms with Crippen molar-refractivity contribution in [2.45, 2.75) is 44.6 Å². The van der Waals surface area contributed by atoms with E-state index in [-0.39, 0.29) is 5.91 Å². The van der Waals surface area contributed by atoms with Crippen LogP contribution in [0.3, 0.4) is 0 Å². The summed E-state index contributed by atoms with van der Waals surface area (Å²) in [7, 11) is 0. The molecule has 1 saturated carbocycles. The number of aromatic nitrogens is 1. The summed E-state index contributed by atoms with van der Waals surface area (Å²) in [4.78, 5) is 21.0. The van der Waals surface area contributed by atoms with E-state index in [0.717, 1.165) is 62.7 Å². The van der Waals surface area contributed by atoms with Gasteiger partial charge in [-0.25, -0.2) is 4.98 Å². The molecule has 2 heterocycles. The van der Waals surface area contributed by atoms with Crippen molar-refractivity contribution in [2.24, 2.45) is 0 Å². The molecule has 1 aromatic rings. The maximum Gasteiger partial charge on any atom is 0.225 e. The van der Waals surface area contributed by atoms with E-state index >= 15 is 0 Å². The molecule has 21 heavy (non-hydrogen) atoms. The number of nitrogens with zero attached hydrogens (tertiary/aromatic N) is 3. The number of rotatable bonds is 3. The number of carbonyl (C=O) groups excluding carboxylic acids is 1. The van der Waals surface area contributed by atoms with Gasteiger partial charge in [0.15, 0.2) is 5.13 Å². The van der Waals surface area contributed by atoms with Gasteiger partial charge in [-0.2, -0.15) is 0 Å². The van der Waals surface area contributed by atoms with Crippen LogP contribution in [0.5, 0.6) is 0 Å². The zero-order chi connectivity index (χ0) is 14.9. The second kappa shape index (κ2) is 5.93. The van der Waals surface area contributed by atoms with Crippen LogP contribution in [0, 0.1) is 6.92 Å². The summed E-state index contributed by atoms with van der Waals surface area (Å²) in [5.74, 6) is 0.106. The molecule has 1 aliphatic carbocycles. The fraction of sp³-hybridized carbons (Fsp3) is 0.733. The second-order valence-electron chi connectivity index (χ2n) is 6.25. The summed E-state index contributed by atoms with van der Waals surface area (Å²) in [6.45, 7) is 5.12. The molecule has 0 aromatic carbocycles. The Labute approximate surface area is 129 Å². The van der Waals surface area contributed by atoms with E-state index in [1.165, 1.54) is 0 Å². The number of piperazine rings is 1. The van der Waals surface area contributed by atoms with Gasteiger partial charge in [0, 0.05) is 31.6 Å². The van der Waals surface area contributed by atoms with Gasteiger partial charge in [-0.15, -0.1) is 11.3 Å². The third kappa shape index (κ3) is 3.37. The Hall–Kier alpha value is -1.14. The fourth-order valence-corrected chi connectivity index (χ4v) is 4.09. The molecule has 6 heteroatoms. The Morgan fingerprint density at radius 2 is 2.00 bits per heavy atom. The van der Waals surface area contributed by atoms with Gasteiger partial charge in [0.1, 0.15) is 0 Å². The SMILES string of the molecule is Cc1csc(N2CCN(C(=O)CC3(O)CCCC3)CC2)n1. The lowest BCUT2D eigenvalue weighted by atomic mass is 9.97. The topological polar surface area (TPSA) is 56.7 Å². The van der Waals surface area contributed by atoms with Gasteiger partial charge in [0.25, 0.3) is 0 Å². The first-order valence-electron chi connectivity index (χ1n) is 7.73. The minimum absolute atomic E-state index is 0.106. The number of anilines is 1. The minimum atomic E-state index is -0.735. The third-order valence-electron chi connectivity index (χ3n) is 4.52. The maximum atomic E-state index is 12.3. The lowest BCUT2D eigenvalue weighted by Crippen LogP contribution is -2.50. The number of aliphatic hydroxyl groups is 1. The van der Waals surface area contributed by atoms with Gasteiger partial charge >= 0.3 is 0 Å². The van der Waals surface area contributed by atoms with Crippen LogP contribution in [0.1, 0.15) is 37.8 Å². The van der Waals surface area contributed by atoms with Gasteiger partial charge in [0.05, 0.1) is 17.7 Å². The van der Waals surface area contributed by atoms with Crippen LogP contribution in [-0.4, -0.2) is 52.7 Å². The monoisotopic (exact) mass is 309 g/mol. The molecule has 1 N–H and O–H groups in total. The van der Waals surface area contributed by atoms with Gasteiger partial charge < -0.3 is 14.9 Å². The molecular formula is C15H23N3O2S. The zero-order valence-corrected chi connectivity index (χ0v) is 13.4. The first-order chi connectivity index (χ1) is 10.1. The molecule has 2 fully saturated rings. The predicted molar refractivity (Wildman–Crippen MR) is 83.7 cm³/mol. The molecule has 1 amide bonds. The molecular weight excluding hydrogens is 286 g/mol. The fourth-order valence-electron chi connectivity index (χ4n) is 3.24. The molecule has 5 nitrogen and oxygen atoms in total. The molecule has 0 atom stereocenters. The van der Waals surface area contributed by atoms with E-state index in [1.807, 2.05) is 11.8 Å². The summed E-state index contributed by atoms with van der Waals surface area (Å²) in [6, 6.07) is 0. The summed E-state index contributed by atoms with van der Waals surface area (Å²) < 4.78 is 0. The molecule has 0 unspecified atom stereocenters. The van der Waals surface area contributed by atoms with Crippen molar-refractivity contribution in [1.82, 2.24) is 9.88 Å². The number of hydrogen-bond acceptors (Lipinski definition) is 5. The average molecular weight is 309 g/mol. The van der Waals surface area contributed by atoms with E-state index in [0.29, 0.717) is 6.42 Å². The molecule has 2 aliphatic rings. The molecule has 1 aromatic heterocycles. The summed E-state index contributed by atoms with van der Waals surface area (Å²) in [5, 5.41) is 13.5. The molecule has 1 saturated heterocycles. The molecule has 0 spiro atoms. The highest BCUT2D eigenvalue weighted by molar-refractivity contribution is 7.13. The highest BCUT2D eigenvalue weighted by Crippen LogP contribution is 2.33. The minimum Gasteiger partial charge on any atom is -0.389 e. The zero-order valence-electron chi connectivity index (χ0n) is 12.5. The molecule has 3 rings (SSSR count). The van der Waals surface area contributed by atoms with Crippen LogP contribution in [0.25, 0.3) is 0 Å². The van der Waals surface area contributed by atoms with E-state index in [2.05, 4.69) is 15.3 Å². The molecule has 1 aliphatic heterocycles. The lowest BCUT2D eigenvalue weighted by molar-refractivity contribution is -0.136. The van der Waals surface area contributed by atoms with Crippen LogP contribution in [0.4, 0.5) is 5.13 Å². The number of amides is 1. The second-order valence-corrected chi connectivity index (χ2v) is 7.08. The Kier molecular flexibility index (Phi) is 4.17. The summed E-state index contributed by atoms with van der Waals surface area (Å²) in [5.41, 5.74) is 0.317. The standard InChI is InChI=1S/C15H23N3O2S/c1-12-11-21-14(16-12)18-8-6-17(7-9-18)13(19)10-15(20)4-2-3-5-15/h11,20H,2-10H2,1H3. The predicted octanol–water partition coefficient (Wildman–Crippen LogP) is 1.80. The quantitative estimate of drug-likeness (QED) is 0.925. The number of thiazole rings is 1. The van der Waals surface area contributed by atoms with Gasteiger partial charge in [-0.1, -0.05) is 12.8 Å². The van der Waals surface area contributed by atoms with Crippen molar-refractivity contribution in [3.05, 3.63) is 11.1 Å². The first-order valence-corrected chi connectivity index (χ1v) is 8.61. The van der Waals surface area contributed by atoms with Crippen molar-refractivity contribution in [1.29, 1.82) is 0 Å². The normalized spacial score (nSPS) is 21.8. The van der Waals surface area contributed by atoms with Gasteiger partial charge in [-0.3, -0.25) is 4.79 Å². The van der Waals surface area contributed by atoms with Gasteiger partial charge in [0.2, 0.25) is 5.91 Å². The Morgan fingerprint density at radius 3 is 2.57 bits per heavy atom. The van der Waals surface area contributed by atoms with Crippen molar-refractivity contribution in [3.8, 4) is 0 Å². The van der Waals surface area contributed by atoms with Crippen LogP contribution < -0.4 is 4.90 Å². The maximum absolute atomic E-state index is 12.3. The van der Waals surface area contributed by atoms with E-state index in [1.54, 1.807) is 11.3 Å². The number of aryl methyl sites for hydroxylation is 1. The Morgan fingerprint density at radius 1 is 1.33 bits per heavy atom.